The lowest BCUT2D eigenvalue weighted by atomic mass is 10.3. The molecular weight excluding hydrogens is 200 g/mol. The van der Waals surface area contributed by atoms with Gasteiger partial charge < -0.3 is 14.3 Å². The third-order valence-corrected chi connectivity index (χ3v) is 2.53. The molecule has 0 aliphatic carbocycles. The number of hydrogen-bond donors (Lipinski definition) is 1. The van der Waals surface area contributed by atoms with E-state index in [-0.39, 0.29) is 0 Å². The summed E-state index contributed by atoms with van der Waals surface area (Å²) in [7, 11) is 0. The van der Waals surface area contributed by atoms with Gasteiger partial charge in [-0.1, -0.05) is 6.92 Å². The van der Waals surface area contributed by atoms with Crippen LogP contribution in [0.15, 0.2) is 41.5 Å². The largest absolute Gasteiger partial charge is 0.472 e. The second-order valence-electron chi connectivity index (χ2n) is 3.99. The van der Waals surface area contributed by atoms with E-state index in [0.717, 1.165) is 19.6 Å². The number of aromatic nitrogens is 1. The van der Waals surface area contributed by atoms with Gasteiger partial charge in [0.15, 0.2) is 0 Å². The Balaban J connectivity index is 1.76. The van der Waals surface area contributed by atoms with Gasteiger partial charge >= 0.3 is 0 Å². The zero-order chi connectivity index (χ0) is 11.2. The second-order valence-corrected chi connectivity index (χ2v) is 3.99. The Labute approximate surface area is 96.1 Å². The molecule has 0 bridgehead atoms. The average Bonchev–Trinajstić information content (AvgIpc) is 2.90. The first kappa shape index (κ1) is 11.0. The molecule has 0 fully saturated rings. The van der Waals surface area contributed by atoms with Gasteiger partial charge in [0.1, 0.15) is 0 Å². The van der Waals surface area contributed by atoms with Crippen molar-refractivity contribution in [2.75, 3.05) is 0 Å². The summed E-state index contributed by atoms with van der Waals surface area (Å²) in [5, 5.41) is 3.39. The fourth-order valence-corrected chi connectivity index (χ4v) is 1.74. The van der Waals surface area contributed by atoms with E-state index in [2.05, 4.69) is 35.3 Å². The smallest absolute Gasteiger partial charge is 0.0947 e. The van der Waals surface area contributed by atoms with E-state index >= 15 is 0 Å². The molecule has 0 unspecified atom stereocenters. The molecule has 0 spiro atoms. The van der Waals surface area contributed by atoms with Gasteiger partial charge in [-0.05, 0) is 24.1 Å². The third kappa shape index (κ3) is 3.00. The fraction of sp³-hybridized carbons (Fsp3) is 0.385. The van der Waals surface area contributed by atoms with E-state index < -0.39 is 0 Å². The molecule has 2 heterocycles. The first-order valence-electron chi connectivity index (χ1n) is 5.75. The first-order chi connectivity index (χ1) is 7.88. The molecule has 86 valence electrons. The first-order valence-corrected chi connectivity index (χ1v) is 5.75. The Kier molecular flexibility index (Phi) is 3.83. The molecule has 0 aliphatic heterocycles. The van der Waals surface area contributed by atoms with Crippen LogP contribution in [-0.4, -0.2) is 4.57 Å². The van der Waals surface area contributed by atoms with Crippen LogP contribution in [0.1, 0.15) is 24.5 Å². The van der Waals surface area contributed by atoms with Crippen molar-refractivity contribution in [3.05, 3.63) is 48.2 Å². The van der Waals surface area contributed by atoms with Gasteiger partial charge in [-0.3, -0.25) is 0 Å². The minimum Gasteiger partial charge on any atom is -0.472 e. The summed E-state index contributed by atoms with van der Waals surface area (Å²) in [5.41, 5.74) is 2.52. The summed E-state index contributed by atoms with van der Waals surface area (Å²) >= 11 is 0. The number of aryl methyl sites for hydroxylation is 1. The standard InChI is InChI=1S/C13H18N2O/c1-2-5-15-6-3-12(10-15)8-14-9-13-4-7-16-11-13/h3-4,6-7,10-11,14H,2,5,8-9H2,1H3. The summed E-state index contributed by atoms with van der Waals surface area (Å²) in [6.45, 7) is 5.05. The van der Waals surface area contributed by atoms with Crippen LogP contribution >= 0.6 is 0 Å². The normalized spacial score (nSPS) is 10.8. The number of nitrogens with zero attached hydrogens (tertiary/aromatic N) is 1. The minimum atomic E-state index is 0.857. The highest BCUT2D eigenvalue weighted by Crippen LogP contribution is 2.03. The predicted octanol–water partition coefficient (Wildman–Crippen LogP) is 2.78. The third-order valence-electron chi connectivity index (χ3n) is 2.53. The monoisotopic (exact) mass is 218 g/mol. The van der Waals surface area contributed by atoms with E-state index in [1.165, 1.54) is 17.5 Å². The van der Waals surface area contributed by atoms with Crippen molar-refractivity contribution in [3.63, 3.8) is 0 Å². The van der Waals surface area contributed by atoms with Crippen molar-refractivity contribution < 1.29 is 4.42 Å². The summed E-state index contributed by atoms with van der Waals surface area (Å²) in [4.78, 5) is 0. The lowest BCUT2D eigenvalue weighted by molar-refractivity contribution is 0.560. The van der Waals surface area contributed by atoms with Gasteiger partial charge in [-0.2, -0.15) is 0 Å². The Morgan fingerprint density at radius 1 is 1.25 bits per heavy atom. The van der Waals surface area contributed by atoms with Crippen molar-refractivity contribution in [1.29, 1.82) is 0 Å². The maximum atomic E-state index is 5.01. The topological polar surface area (TPSA) is 30.1 Å². The zero-order valence-electron chi connectivity index (χ0n) is 9.65. The van der Waals surface area contributed by atoms with Crippen LogP contribution in [-0.2, 0) is 19.6 Å². The summed E-state index contributed by atoms with van der Waals surface area (Å²) in [5.74, 6) is 0. The average molecular weight is 218 g/mol. The van der Waals surface area contributed by atoms with Gasteiger partial charge in [0.05, 0.1) is 12.5 Å². The van der Waals surface area contributed by atoms with Crippen molar-refractivity contribution in [2.24, 2.45) is 0 Å². The molecule has 0 amide bonds. The lowest BCUT2D eigenvalue weighted by Gasteiger charge is -2.01. The molecule has 2 rings (SSSR count). The molecule has 0 aliphatic rings. The van der Waals surface area contributed by atoms with Crippen molar-refractivity contribution in [1.82, 2.24) is 9.88 Å². The molecular formula is C13H18N2O. The molecule has 0 saturated heterocycles. The van der Waals surface area contributed by atoms with Crippen molar-refractivity contribution in [3.8, 4) is 0 Å². The quantitative estimate of drug-likeness (QED) is 0.808. The summed E-state index contributed by atoms with van der Waals surface area (Å²) in [6, 6.07) is 4.15. The number of hydrogen-bond acceptors (Lipinski definition) is 2. The van der Waals surface area contributed by atoms with E-state index in [0.29, 0.717) is 0 Å². The van der Waals surface area contributed by atoms with Crippen LogP contribution in [0, 0.1) is 0 Å². The van der Waals surface area contributed by atoms with Gasteiger partial charge in [-0.25, -0.2) is 0 Å². The van der Waals surface area contributed by atoms with E-state index in [9.17, 15) is 0 Å². The van der Waals surface area contributed by atoms with Crippen LogP contribution in [0.25, 0.3) is 0 Å². The zero-order valence-corrected chi connectivity index (χ0v) is 9.65. The summed E-state index contributed by atoms with van der Waals surface area (Å²) in [6.07, 6.45) is 8.99. The van der Waals surface area contributed by atoms with Crippen LogP contribution in [0.2, 0.25) is 0 Å². The van der Waals surface area contributed by atoms with Gasteiger partial charge in [-0.15, -0.1) is 0 Å². The predicted molar refractivity (Wildman–Crippen MR) is 64.0 cm³/mol. The van der Waals surface area contributed by atoms with E-state index in [1.807, 2.05) is 6.07 Å². The molecule has 0 atom stereocenters. The molecule has 2 aromatic heterocycles. The maximum Gasteiger partial charge on any atom is 0.0947 e. The maximum absolute atomic E-state index is 5.01. The molecule has 3 heteroatoms. The van der Waals surface area contributed by atoms with Gasteiger partial charge in [0, 0.05) is 37.6 Å². The SMILES string of the molecule is CCCn1ccc(CNCc2ccoc2)c1. The van der Waals surface area contributed by atoms with Crippen molar-refractivity contribution in [2.45, 2.75) is 33.0 Å². The molecule has 3 nitrogen and oxygen atoms in total. The number of furan rings is 1. The van der Waals surface area contributed by atoms with Crippen LogP contribution in [0.4, 0.5) is 0 Å². The van der Waals surface area contributed by atoms with E-state index in [4.69, 9.17) is 4.42 Å². The lowest BCUT2D eigenvalue weighted by Crippen LogP contribution is -2.11. The van der Waals surface area contributed by atoms with Crippen LogP contribution in [0.5, 0.6) is 0 Å². The summed E-state index contributed by atoms with van der Waals surface area (Å²) < 4.78 is 7.24. The highest BCUT2D eigenvalue weighted by molar-refractivity contribution is 5.11. The Morgan fingerprint density at radius 2 is 2.12 bits per heavy atom. The minimum absolute atomic E-state index is 0.857. The second kappa shape index (κ2) is 5.56. The van der Waals surface area contributed by atoms with Crippen LogP contribution < -0.4 is 5.32 Å². The van der Waals surface area contributed by atoms with Gasteiger partial charge in [0.2, 0.25) is 0 Å². The highest BCUT2D eigenvalue weighted by Gasteiger charge is 1.97. The van der Waals surface area contributed by atoms with Crippen LogP contribution in [0.3, 0.4) is 0 Å². The fourth-order valence-electron chi connectivity index (χ4n) is 1.74. The molecule has 1 N–H and O–H groups in total. The molecule has 0 radical (unpaired) electrons. The highest BCUT2D eigenvalue weighted by atomic mass is 16.3. The molecule has 16 heavy (non-hydrogen) atoms. The Bertz CT molecular complexity index is 403. The molecule has 0 saturated carbocycles. The molecule has 0 aromatic carbocycles. The number of rotatable bonds is 6. The van der Waals surface area contributed by atoms with Crippen molar-refractivity contribution >= 4 is 0 Å². The Hall–Kier alpha value is -1.48. The molecule has 2 aromatic rings. The Morgan fingerprint density at radius 3 is 2.88 bits per heavy atom. The van der Waals surface area contributed by atoms with Gasteiger partial charge in [0.25, 0.3) is 0 Å². The van der Waals surface area contributed by atoms with E-state index in [1.54, 1.807) is 12.5 Å². The number of nitrogens with one attached hydrogen (secondary N) is 1.